The molecule has 0 radical (unpaired) electrons. The summed E-state index contributed by atoms with van der Waals surface area (Å²) < 4.78 is 38.4. The van der Waals surface area contributed by atoms with Gasteiger partial charge in [-0.1, -0.05) is 24.3 Å². The first-order valence-corrected chi connectivity index (χ1v) is 8.52. The lowest BCUT2D eigenvalue weighted by molar-refractivity contribution is -0.137. The molecule has 1 N–H and O–H groups in total. The predicted molar refractivity (Wildman–Crippen MR) is 91.4 cm³/mol. The molecule has 1 aromatic carbocycles. The van der Waals surface area contributed by atoms with Gasteiger partial charge in [-0.25, -0.2) is 0 Å². The maximum atomic E-state index is 12.8. The third kappa shape index (κ3) is 4.82. The molecule has 1 saturated heterocycles. The maximum Gasteiger partial charge on any atom is 0.416 e. The molecule has 2 aromatic rings. The predicted octanol–water partition coefficient (Wildman–Crippen LogP) is 3.49. The van der Waals surface area contributed by atoms with Gasteiger partial charge in [0.15, 0.2) is 0 Å². The molecule has 0 aliphatic carbocycles. The third-order valence-electron chi connectivity index (χ3n) is 4.48. The summed E-state index contributed by atoms with van der Waals surface area (Å²) in [5, 5.41) is 2.97. The van der Waals surface area contributed by atoms with E-state index in [4.69, 9.17) is 0 Å². The fourth-order valence-electron chi connectivity index (χ4n) is 3.10. The molecule has 26 heavy (non-hydrogen) atoms. The van der Waals surface area contributed by atoms with Gasteiger partial charge < -0.3 is 5.32 Å². The molecule has 0 spiro atoms. The minimum atomic E-state index is -4.32. The molecule has 138 valence electrons. The van der Waals surface area contributed by atoms with Gasteiger partial charge in [0.1, 0.15) is 5.69 Å². The van der Waals surface area contributed by atoms with E-state index in [2.05, 4.69) is 15.2 Å². The number of piperidine rings is 1. The second-order valence-electron chi connectivity index (χ2n) is 6.44. The van der Waals surface area contributed by atoms with E-state index in [9.17, 15) is 18.0 Å². The van der Waals surface area contributed by atoms with Crippen molar-refractivity contribution in [3.63, 3.8) is 0 Å². The summed E-state index contributed by atoms with van der Waals surface area (Å²) in [5.74, 6) is -0.193. The molecule has 1 aliphatic heterocycles. The summed E-state index contributed by atoms with van der Waals surface area (Å²) in [4.78, 5) is 18.3. The van der Waals surface area contributed by atoms with Crippen LogP contribution in [0, 0.1) is 0 Å². The molecular formula is C19H20F3N3O. The van der Waals surface area contributed by atoms with Crippen LogP contribution in [-0.4, -0.2) is 34.9 Å². The van der Waals surface area contributed by atoms with Crippen LogP contribution in [-0.2, 0) is 12.7 Å². The normalized spacial score (nSPS) is 16.4. The van der Waals surface area contributed by atoms with Gasteiger partial charge in [-0.05, 0) is 36.6 Å². The number of likely N-dealkylation sites (tertiary alicyclic amines) is 1. The van der Waals surface area contributed by atoms with Gasteiger partial charge in [0, 0.05) is 31.9 Å². The number of alkyl halides is 3. The number of nitrogens with zero attached hydrogens (tertiary/aromatic N) is 2. The summed E-state index contributed by atoms with van der Waals surface area (Å²) in [6, 6.07) is 10.7. The molecule has 1 aliphatic rings. The van der Waals surface area contributed by atoms with Crippen LogP contribution < -0.4 is 5.32 Å². The number of nitrogens with one attached hydrogen (secondary N) is 1. The highest BCUT2D eigenvalue weighted by atomic mass is 19.4. The number of benzene rings is 1. The van der Waals surface area contributed by atoms with Gasteiger partial charge >= 0.3 is 6.18 Å². The standard InChI is InChI=1S/C19H20F3N3O/c20-19(21,22)15-5-3-4-14(12-15)13-25-10-7-16(8-11-25)24-18(26)17-6-1-2-9-23-17/h1-6,9,12,16H,7-8,10-11,13H2,(H,24,26). The Balaban J connectivity index is 1.51. The molecule has 0 unspecified atom stereocenters. The quantitative estimate of drug-likeness (QED) is 0.904. The van der Waals surface area contributed by atoms with Gasteiger partial charge in [-0.15, -0.1) is 0 Å². The van der Waals surface area contributed by atoms with Crippen LogP contribution in [0.4, 0.5) is 13.2 Å². The molecule has 3 rings (SSSR count). The van der Waals surface area contributed by atoms with E-state index in [1.807, 2.05) is 0 Å². The van der Waals surface area contributed by atoms with Gasteiger partial charge in [0.25, 0.3) is 5.91 Å². The molecule has 1 aromatic heterocycles. The van der Waals surface area contributed by atoms with Crippen molar-refractivity contribution in [2.75, 3.05) is 13.1 Å². The fraction of sp³-hybridized carbons (Fsp3) is 0.368. The Hall–Kier alpha value is -2.41. The van der Waals surface area contributed by atoms with Crippen LogP contribution in [0.3, 0.4) is 0 Å². The van der Waals surface area contributed by atoms with Crippen molar-refractivity contribution in [3.8, 4) is 0 Å². The lowest BCUT2D eigenvalue weighted by Gasteiger charge is -2.32. The van der Waals surface area contributed by atoms with E-state index in [0.717, 1.165) is 32.0 Å². The summed E-state index contributed by atoms with van der Waals surface area (Å²) in [6.07, 6.45) is -1.22. The van der Waals surface area contributed by atoms with Crippen LogP contribution in [0.25, 0.3) is 0 Å². The van der Waals surface area contributed by atoms with Crippen LogP contribution in [0.5, 0.6) is 0 Å². The third-order valence-corrected chi connectivity index (χ3v) is 4.48. The van der Waals surface area contributed by atoms with Crippen LogP contribution in [0.2, 0.25) is 0 Å². The highest BCUT2D eigenvalue weighted by Crippen LogP contribution is 2.30. The summed E-state index contributed by atoms with van der Waals surface area (Å²) in [6.45, 7) is 1.93. The number of hydrogen-bond donors (Lipinski definition) is 1. The number of halogens is 3. The average molecular weight is 363 g/mol. The largest absolute Gasteiger partial charge is 0.416 e. The van der Waals surface area contributed by atoms with E-state index in [-0.39, 0.29) is 11.9 Å². The molecule has 7 heteroatoms. The number of pyridine rings is 1. The molecule has 0 saturated carbocycles. The number of hydrogen-bond acceptors (Lipinski definition) is 3. The number of amides is 1. The van der Waals surface area contributed by atoms with E-state index < -0.39 is 11.7 Å². The lowest BCUT2D eigenvalue weighted by Crippen LogP contribution is -2.44. The molecule has 2 heterocycles. The van der Waals surface area contributed by atoms with E-state index >= 15 is 0 Å². The zero-order chi connectivity index (χ0) is 18.6. The number of rotatable bonds is 4. The second kappa shape index (κ2) is 7.86. The van der Waals surface area contributed by atoms with E-state index in [1.54, 1.807) is 30.5 Å². The molecule has 4 nitrogen and oxygen atoms in total. The van der Waals surface area contributed by atoms with Gasteiger partial charge in [-0.3, -0.25) is 14.7 Å². The van der Waals surface area contributed by atoms with Crippen molar-refractivity contribution >= 4 is 5.91 Å². The molecule has 1 fully saturated rings. The minimum absolute atomic E-state index is 0.0577. The Morgan fingerprint density at radius 2 is 1.92 bits per heavy atom. The molecule has 1 amide bonds. The smallest absolute Gasteiger partial charge is 0.348 e. The van der Waals surface area contributed by atoms with Crippen LogP contribution >= 0.6 is 0 Å². The highest BCUT2D eigenvalue weighted by Gasteiger charge is 2.30. The number of carbonyl (C=O) groups excluding carboxylic acids is 1. The zero-order valence-electron chi connectivity index (χ0n) is 14.2. The van der Waals surface area contributed by atoms with E-state index in [1.165, 1.54) is 12.1 Å². The minimum Gasteiger partial charge on any atom is -0.348 e. The lowest BCUT2D eigenvalue weighted by atomic mass is 10.0. The van der Waals surface area contributed by atoms with Crippen LogP contribution in [0.15, 0.2) is 48.7 Å². The zero-order valence-corrected chi connectivity index (χ0v) is 14.2. The average Bonchev–Trinajstić information content (AvgIpc) is 2.63. The summed E-state index contributed by atoms with van der Waals surface area (Å²) in [7, 11) is 0. The Kier molecular flexibility index (Phi) is 5.56. The summed E-state index contributed by atoms with van der Waals surface area (Å²) in [5.41, 5.74) is 0.419. The number of aromatic nitrogens is 1. The van der Waals surface area contributed by atoms with Gasteiger partial charge in [0.05, 0.1) is 5.56 Å². The fourth-order valence-corrected chi connectivity index (χ4v) is 3.10. The first-order valence-electron chi connectivity index (χ1n) is 8.52. The Morgan fingerprint density at radius 1 is 1.15 bits per heavy atom. The second-order valence-corrected chi connectivity index (χ2v) is 6.44. The first kappa shape index (κ1) is 18.4. The first-order chi connectivity index (χ1) is 12.4. The van der Waals surface area contributed by atoms with Crippen molar-refractivity contribution in [2.24, 2.45) is 0 Å². The van der Waals surface area contributed by atoms with E-state index in [0.29, 0.717) is 17.8 Å². The topological polar surface area (TPSA) is 45.2 Å². The SMILES string of the molecule is O=C(NC1CCN(Cc2cccc(C(F)(F)F)c2)CC1)c1ccccn1. The molecular weight excluding hydrogens is 343 g/mol. The van der Waals surface area contributed by atoms with Crippen molar-refractivity contribution in [1.82, 2.24) is 15.2 Å². The Morgan fingerprint density at radius 3 is 2.58 bits per heavy atom. The summed E-state index contributed by atoms with van der Waals surface area (Å²) >= 11 is 0. The monoisotopic (exact) mass is 363 g/mol. The molecule has 0 atom stereocenters. The van der Waals surface area contributed by atoms with Crippen molar-refractivity contribution in [1.29, 1.82) is 0 Å². The van der Waals surface area contributed by atoms with Crippen LogP contribution in [0.1, 0.15) is 34.5 Å². The number of carbonyl (C=O) groups is 1. The highest BCUT2D eigenvalue weighted by molar-refractivity contribution is 5.92. The molecule has 0 bridgehead atoms. The van der Waals surface area contributed by atoms with Gasteiger partial charge in [0.2, 0.25) is 0 Å². The van der Waals surface area contributed by atoms with Crippen molar-refractivity contribution < 1.29 is 18.0 Å². The maximum absolute atomic E-state index is 12.8. The van der Waals surface area contributed by atoms with Crippen molar-refractivity contribution in [3.05, 3.63) is 65.5 Å². The van der Waals surface area contributed by atoms with Crippen molar-refractivity contribution in [2.45, 2.75) is 31.6 Å². The van der Waals surface area contributed by atoms with Gasteiger partial charge in [-0.2, -0.15) is 13.2 Å². The Bertz CT molecular complexity index is 741. The Labute approximate surface area is 150 Å².